The summed E-state index contributed by atoms with van der Waals surface area (Å²) in [4.78, 5) is 11.6. The van der Waals surface area contributed by atoms with E-state index in [0.29, 0.717) is 5.00 Å². The van der Waals surface area contributed by atoms with Crippen molar-refractivity contribution in [2.45, 2.75) is 6.92 Å². The summed E-state index contributed by atoms with van der Waals surface area (Å²) in [5, 5.41) is 8.24. The molecule has 0 unspecified atom stereocenters. The summed E-state index contributed by atoms with van der Waals surface area (Å²) in [5.41, 5.74) is 3.80. The Hall–Kier alpha value is -1.80. The number of hydrogen-bond donors (Lipinski definition) is 1. The van der Waals surface area contributed by atoms with Gasteiger partial charge in [0.25, 0.3) is 0 Å². The molecule has 0 saturated heterocycles. The van der Waals surface area contributed by atoms with Gasteiger partial charge in [0.05, 0.1) is 12.8 Å². The molecule has 0 aliphatic heterocycles. The molecule has 1 heterocycles. The third-order valence-electron chi connectivity index (χ3n) is 2.23. The molecular formula is C12H11BrN4O2S. The topological polar surface area (TPSA) is 76.5 Å². The zero-order valence-electron chi connectivity index (χ0n) is 10.5. The molecule has 0 amide bonds. The predicted octanol–water partition coefficient (Wildman–Crippen LogP) is 2.92. The molecule has 0 radical (unpaired) electrons. The van der Waals surface area contributed by atoms with Gasteiger partial charge in [-0.2, -0.15) is 5.10 Å². The first-order chi connectivity index (χ1) is 9.72. The van der Waals surface area contributed by atoms with E-state index in [1.165, 1.54) is 0 Å². The maximum Gasteiger partial charge on any atom is 0.362 e. The number of nitrogens with one attached hydrogen (secondary N) is 1. The van der Waals surface area contributed by atoms with Crippen LogP contribution in [0.4, 0.5) is 5.00 Å². The van der Waals surface area contributed by atoms with Gasteiger partial charge in [-0.15, -0.1) is 5.10 Å². The Morgan fingerprint density at radius 2 is 2.35 bits per heavy atom. The lowest BCUT2D eigenvalue weighted by molar-refractivity contribution is 0.0520. The number of nitrogens with zero attached hydrogens (tertiary/aromatic N) is 3. The monoisotopic (exact) mass is 354 g/mol. The Bertz CT molecular complexity index is 629. The second-order valence-corrected chi connectivity index (χ2v) is 5.17. The van der Waals surface area contributed by atoms with E-state index in [1.54, 1.807) is 13.1 Å². The van der Waals surface area contributed by atoms with E-state index in [0.717, 1.165) is 21.6 Å². The smallest absolute Gasteiger partial charge is 0.362 e. The molecule has 0 aliphatic rings. The van der Waals surface area contributed by atoms with Crippen LogP contribution in [0, 0.1) is 0 Å². The van der Waals surface area contributed by atoms with Crippen molar-refractivity contribution in [2.24, 2.45) is 5.10 Å². The fourth-order valence-corrected chi connectivity index (χ4v) is 2.23. The molecule has 8 heteroatoms. The van der Waals surface area contributed by atoms with Crippen molar-refractivity contribution in [1.82, 2.24) is 9.59 Å². The van der Waals surface area contributed by atoms with E-state index in [9.17, 15) is 4.79 Å². The molecule has 1 N–H and O–H groups in total. The molecule has 0 saturated carbocycles. The molecule has 2 rings (SSSR count). The van der Waals surface area contributed by atoms with Crippen LogP contribution in [0.25, 0.3) is 0 Å². The summed E-state index contributed by atoms with van der Waals surface area (Å²) in [5.74, 6) is -0.514. The van der Waals surface area contributed by atoms with Crippen LogP contribution in [-0.4, -0.2) is 28.4 Å². The van der Waals surface area contributed by atoms with Crippen molar-refractivity contribution in [3.63, 3.8) is 0 Å². The van der Waals surface area contributed by atoms with Crippen molar-refractivity contribution in [3.8, 4) is 0 Å². The maximum absolute atomic E-state index is 11.6. The second kappa shape index (κ2) is 7.11. The summed E-state index contributed by atoms with van der Waals surface area (Å²) in [6.45, 7) is 2.02. The normalized spacial score (nSPS) is 10.7. The fourth-order valence-electron chi connectivity index (χ4n) is 1.34. The van der Waals surface area contributed by atoms with E-state index in [-0.39, 0.29) is 12.3 Å². The zero-order chi connectivity index (χ0) is 14.4. The Morgan fingerprint density at radius 1 is 1.55 bits per heavy atom. The van der Waals surface area contributed by atoms with Crippen LogP contribution in [0.2, 0.25) is 0 Å². The Morgan fingerprint density at radius 3 is 3.10 bits per heavy atom. The molecule has 1 aromatic carbocycles. The molecule has 6 nitrogen and oxygen atoms in total. The van der Waals surface area contributed by atoms with Crippen LogP contribution in [-0.2, 0) is 4.74 Å². The molecule has 1 aromatic heterocycles. The van der Waals surface area contributed by atoms with Gasteiger partial charge in [0.1, 0.15) is 0 Å². The summed E-state index contributed by atoms with van der Waals surface area (Å²) in [6.07, 6.45) is 1.64. The average molecular weight is 355 g/mol. The van der Waals surface area contributed by atoms with Crippen LogP contribution in [0.5, 0.6) is 0 Å². The second-order valence-electron chi connectivity index (χ2n) is 3.56. The highest BCUT2D eigenvalue weighted by atomic mass is 79.9. The molecule has 20 heavy (non-hydrogen) atoms. The first-order valence-corrected chi connectivity index (χ1v) is 7.32. The zero-order valence-corrected chi connectivity index (χ0v) is 12.9. The van der Waals surface area contributed by atoms with E-state index in [4.69, 9.17) is 4.74 Å². The number of aromatic nitrogens is 2. The minimum Gasteiger partial charge on any atom is -0.461 e. The third kappa shape index (κ3) is 3.61. The lowest BCUT2D eigenvalue weighted by Gasteiger charge is -2.00. The molecular weight excluding hydrogens is 344 g/mol. The first-order valence-electron chi connectivity index (χ1n) is 5.75. The molecule has 0 spiro atoms. The molecule has 0 bridgehead atoms. The Labute approximate surface area is 128 Å². The van der Waals surface area contributed by atoms with Crippen molar-refractivity contribution in [2.75, 3.05) is 12.0 Å². The van der Waals surface area contributed by atoms with Crippen LogP contribution in [0.3, 0.4) is 0 Å². The van der Waals surface area contributed by atoms with Gasteiger partial charge < -0.3 is 4.74 Å². The summed E-state index contributed by atoms with van der Waals surface area (Å²) in [7, 11) is 0. The minimum atomic E-state index is -0.514. The highest BCUT2D eigenvalue weighted by molar-refractivity contribution is 9.10. The Kier molecular flexibility index (Phi) is 5.19. The SMILES string of the molecule is CCOC(=O)c1nnsc1N/N=C/c1ccccc1Br. The standard InChI is InChI=1S/C12H11BrN4O2S/c1-2-19-12(18)10-11(20-17-15-10)16-14-7-8-5-3-4-6-9(8)13/h3-7,16H,2H2,1H3/b14-7+. The van der Waals surface area contributed by atoms with Gasteiger partial charge in [0.15, 0.2) is 5.00 Å². The maximum atomic E-state index is 11.6. The van der Waals surface area contributed by atoms with Gasteiger partial charge in [0.2, 0.25) is 5.69 Å². The van der Waals surface area contributed by atoms with E-state index in [2.05, 4.69) is 36.0 Å². The third-order valence-corrected chi connectivity index (χ3v) is 3.58. The average Bonchev–Trinajstić information content (AvgIpc) is 2.90. The van der Waals surface area contributed by atoms with Gasteiger partial charge in [-0.05, 0) is 13.0 Å². The van der Waals surface area contributed by atoms with Crippen LogP contribution in [0.1, 0.15) is 23.0 Å². The fraction of sp³-hybridized carbons (Fsp3) is 0.167. The van der Waals surface area contributed by atoms with E-state index >= 15 is 0 Å². The number of esters is 1. The number of carbonyl (C=O) groups excluding carboxylic acids is 1. The number of anilines is 1. The van der Waals surface area contributed by atoms with Gasteiger partial charge in [-0.25, -0.2) is 4.79 Å². The molecule has 0 atom stereocenters. The van der Waals surface area contributed by atoms with E-state index < -0.39 is 5.97 Å². The molecule has 0 fully saturated rings. The highest BCUT2D eigenvalue weighted by Gasteiger charge is 2.17. The van der Waals surface area contributed by atoms with Crippen LogP contribution >= 0.6 is 27.5 Å². The van der Waals surface area contributed by atoms with Gasteiger partial charge in [-0.1, -0.05) is 38.6 Å². The van der Waals surface area contributed by atoms with Crippen molar-refractivity contribution in [3.05, 3.63) is 40.0 Å². The lowest BCUT2D eigenvalue weighted by atomic mass is 10.2. The Balaban J connectivity index is 2.07. The quantitative estimate of drug-likeness (QED) is 0.507. The number of hydrazone groups is 1. The highest BCUT2D eigenvalue weighted by Crippen LogP contribution is 2.19. The largest absolute Gasteiger partial charge is 0.461 e. The number of ether oxygens (including phenoxy) is 1. The number of rotatable bonds is 5. The number of benzene rings is 1. The van der Waals surface area contributed by atoms with Gasteiger partial charge in [0, 0.05) is 21.6 Å². The summed E-state index contributed by atoms with van der Waals surface area (Å²) >= 11 is 4.46. The van der Waals surface area contributed by atoms with Crippen LogP contribution < -0.4 is 5.43 Å². The number of halogens is 1. The van der Waals surface area contributed by atoms with Crippen LogP contribution in [0.15, 0.2) is 33.8 Å². The van der Waals surface area contributed by atoms with E-state index in [1.807, 2.05) is 24.3 Å². The van der Waals surface area contributed by atoms with Crippen molar-refractivity contribution < 1.29 is 9.53 Å². The molecule has 0 aliphatic carbocycles. The van der Waals surface area contributed by atoms with Crippen molar-refractivity contribution in [1.29, 1.82) is 0 Å². The summed E-state index contributed by atoms with van der Waals surface area (Å²) < 4.78 is 9.52. The lowest BCUT2D eigenvalue weighted by Crippen LogP contribution is -2.07. The molecule has 2 aromatic rings. The first kappa shape index (κ1) is 14.6. The minimum absolute atomic E-state index is 0.140. The van der Waals surface area contributed by atoms with Gasteiger partial charge >= 0.3 is 5.97 Å². The number of carbonyl (C=O) groups is 1. The molecule has 104 valence electrons. The summed E-state index contributed by atoms with van der Waals surface area (Å²) in [6, 6.07) is 7.65. The predicted molar refractivity (Wildman–Crippen MR) is 81.2 cm³/mol. The van der Waals surface area contributed by atoms with Gasteiger partial charge in [-0.3, -0.25) is 5.43 Å². The van der Waals surface area contributed by atoms with Crippen molar-refractivity contribution >= 4 is 44.6 Å². The number of hydrogen-bond acceptors (Lipinski definition) is 7.